The molecule has 0 unspecified atom stereocenters. The molecule has 2 heterocycles. The molecule has 5 nitrogen and oxygen atoms in total. The Kier molecular flexibility index (Phi) is 3.17. The molecule has 0 saturated carbocycles. The van der Waals surface area contributed by atoms with Gasteiger partial charge in [-0.1, -0.05) is 13.8 Å². The van der Waals surface area contributed by atoms with Gasteiger partial charge in [-0.25, -0.2) is 4.98 Å². The minimum Gasteiger partial charge on any atom is -0.323 e. The molecule has 5 heteroatoms. The van der Waals surface area contributed by atoms with Crippen LogP contribution in [-0.4, -0.2) is 19.3 Å². The number of imidazole rings is 1. The highest BCUT2D eigenvalue weighted by Gasteiger charge is 2.08. The van der Waals surface area contributed by atoms with E-state index in [0.29, 0.717) is 5.92 Å². The average molecular weight is 233 g/mol. The van der Waals surface area contributed by atoms with E-state index < -0.39 is 0 Å². The minimum atomic E-state index is 0.597. The lowest BCUT2D eigenvalue weighted by Gasteiger charge is -2.10. The number of anilines is 2. The first kappa shape index (κ1) is 11.7. The lowest BCUT2D eigenvalue weighted by atomic mass is 10.2. The number of hydrogen-bond donors (Lipinski definition) is 1. The Hall–Kier alpha value is -1.78. The predicted molar refractivity (Wildman–Crippen MR) is 68.3 cm³/mol. The predicted octanol–water partition coefficient (Wildman–Crippen LogP) is 2.32. The van der Waals surface area contributed by atoms with Crippen molar-refractivity contribution in [2.75, 3.05) is 5.32 Å². The molecular weight excluding hydrogens is 214 g/mol. The van der Waals surface area contributed by atoms with Gasteiger partial charge < -0.3 is 9.88 Å². The zero-order chi connectivity index (χ0) is 12.4. The standard InChI is InChI=1S/C12H19N5/c1-9(2)7-17-6-5-13-12(17)14-11-8-16(4)15-10(11)3/h5-6,8-9H,7H2,1-4H3,(H,13,14). The maximum Gasteiger partial charge on any atom is 0.207 e. The molecule has 0 spiro atoms. The van der Waals surface area contributed by atoms with Crippen LogP contribution in [0.5, 0.6) is 0 Å². The third kappa shape index (κ3) is 2.67. The van der Waals surface area contributed by atoms with Crippen LogP contribution in [0.1, 0.15) is 19.5 Å². The van der Waals surface area contributed by atoms with Crippen molar-refractivity contribution in [3.63, 3.8) is 0 Å². The number of nitrogens with zero attached hydrogens (tertiary/aromatic N) is 4. The normalized spacial score (nSPS) is 11.1. The molecule has 92 valence electrons. The van der Waals surface area contributed by atoms with E-state index in [2.05, 4.69) is 33.8 Å². The van der Waals surface area contributed by atoms with Crippen LogP contribution in [0, 0.1) is 12.8 Å². The molecule has 0 atom stereocenters. The maximum absolute atomic E-state index is 4.33. The van der Waals surface area contributed by atoms with Crippen molar-refractivity contribution in [2.45, 2.75) is 27.3 Å². The number of aryl methyl sites for hydroxylation is 2. The molecule has 0 fully saturated rings. The Labute approximate surface area is 101 Å². The highest BCUT2D eigenvalue weighted by atomic mass is 15.3. The summed E-state index contributed by atoms with van der Waals surface area (Å²) in [5, 5.41) is 7.61. The van der Waals surface area contributed by atoms with E-state index in [4.69, 9.17) is 0 Å². The second-order valence-electron chi connectivity index (χ2n) is 4.72. The smallest absolute Gasteiger partial charge is 0.207 e. The summed E-state index contributed by atoms with van der Waals surface area (Å²) in [4.78, 5) is 4.33. The van der Waals surface area contributed by atoms with Crippen molar-refractivity contribution in [1.82, 2.24) is 19.3 Å². The molecule has 0 aliphatic heterocycles. The molecule has 0 aromatic carbocycles. The quantitative estimate of drug-likeness (QED) is 0.881. The summed E-state index contributed by atoms with van der Waals surface area (Å²) in [5.74, 6) is 1.47. The molecular formula is C12H19N5. The van der Waals surface area contributed by atoms with Gasteiger partial charge in [0.25, 0.3) is 0 Å². The second kappa shape index (κ2) is 4.61. The van der Waals surface area contributed by atoms with Gasteiger partial charge in [0, 0.05) is 32.2 Å². The summed E-state index contributed by atoms with van der Waals surface area (Å²) in [6, 6.07) is 0. The molecule has 0 aliphatic carbocycles. The fourth-order valence-electron chi connectivity index (χ4n) is 1.82. The van der Waals surface area contributed by atoms with E-state index in [1.807, 2.05) is 32.6 Å². The fraction of sp³-hybridized carbons (Fsp3) is 0.500. The lowest BCUT2D eigenvalue weighted by molar-refractivity contribution is 0.527. The van der Waals surface area contributed by atoms with E-state index in [-0.39, 0.29) is 0 Å². The van der Waals surface area contributed by atoms with Crippen LogP contribution in [-0.2, 0) is 13.6 Å². The Morgan fingerprint density at radius 1 is 1.41 bits per heavy atom. The number of hydrogen-bond acceptors (Lipinski definition) is 3. The molecule has 0 amide bonds. The van der Waals surface area contributed by atoms with E-state index in [0.717, 1.165) is 23.9 Å². The average Bonchev–Trinajstić information content (AvgIpc) is 2.75. The largest absolute Gasteiger partial charge is 0.323 e. The molecule has 0 bridgehead atoms. The molecule has 2 rings (SSSR count). The van der Waals surface area contributed by atoms with Crippen LogP contribution in [0.15, 0.2) is 18.6 Å². The Bertz CT molecular complexity index is 495. The van der Waals surface area contributed by atoms with Gasteiger partial charge in [0.05, 0.1) is 11.4 Å². The van der Waals surface area contributed by atoms with Crippen molar-refractivity contribution < 1.29 is 0 Å². The highest BCUT2D eigenvalue weighted by molar-refractivity contribution is 5.55. The van der Waals surface area contributed by atoms with Crippen molar-refractivity contribution in [1.29, 1.82) is 0 Å². The third-order valence-electron chi connectivity index (χ3n) is 2.54. The van der Waals surface area contributed by atoms with E-state index in [9.17, 15) is 0 Å². The molecule has 0 aliphatic rings. The van der Waals surface area contributed by atoms with Gasteiger partial charge in [0.15, 0.2) is 0 Å². The van der Waals surface area contributed by atoms with Gasteiger partial charge >= 0.3 is 0 Å². The van der Waals surface area contributed by atoms with Gasteiger partial charge in [0.2, 0.25) is 5.95 Å². The zero-order valence-corrected chi connectivity index (χ0v) is 10.8. The summed E-state index contributed by atoms with van der Waals surface area (Å²) >= 11 is 0. The van der Waals surface area contributed by atoms with Gasteiger partial charge in [-0.2, -0.15) is 5.10 Å². The van der Waals surface area contributed by atoms with Crippen LogP contribution in [0.3, 0.4) is 0 Å². The number of aromatic nitrogens is 4. The first-order valence-electron chi connectivity index (χ1n) is 5.84. The number of rotatable bonds is 4. The SMILES string of the molecule is Cc1nn(C)cc1Nc1nccn1CC(C)C. The molecule has 17 heavy (non-hydrogen) atoms. The molecule has 0 radical (unpaired) electrons. The van der Waals surface area contributed by atoms with Crippen molar-refractivity contribution in [3.05, 3.63) is 24.3 Å². The summed E-state index contributed by atoms with van der Waals surface area (Å²) in [6.45, 7) is 7.33. The van der Waals surface area contributed by atoms with Gasteiger partial charge in [-0.3, -0.25) is 4.68 Å². The summed E-state index contributed by atoms with van der Waals surface area (Å²) in [7, 11) is 1.92. The van der Waals surface area contributed by atoms with Crippen molar-refractivity contribution in [2.24, 2.45) is 13.0 Å². The highest BCUT2D eigenvalue weighted by Crippen LogP contribution is 2.18. The zero-order valence-electron chi connectivity index (χ0n) is 10.8. The van der Waals surface area contributed by atoms with E-state index in [1.165, 1.54) is 0 Å². The lowest BCUT2D eigenvalue weighted by Crippen LogP contribution is -2.07. The molecule has 2 aromatic heterocycles. The first-order valence-corrected chi connectivity index (χ1v) is 5.84. The topological polar surface area (TPSA) is 47.7 Å². The first-order chi connectivity index (χ1) is 8.06. The summed E-state index contributed by atoms with van der Waals surface area (Å²) < 4.78 is 3.92. The van der Waals surface area contributed by atoms with Crippen LogP contribution < -0.4 is 5.32 Å². The molecule has 2 aromatic rings. The monoisotopic (exact) mass is 233 g/mol. The van der Waals surface area contributed by atoms with Crippen LogP contribution in [0.4, 0.5) is 11.6 Å². The summed E-state index contributed by atoms with van der Waals surface area (Å²) in [6.07, 6.45) is 5.77. The van der Waals surface area contributed by atoms with E-state index >= 15 is 0 Å². The van der Waals surface area contributed by atoms with Crippen molar-refractivity contribution >= 4 is 11.6 Å². The van der Waals surface area contributed by atoms with Gasteiger partial charge in [-0.05, 0) is 12.8 Å². The van der Waals surface area contributed by atoms with Crippen molar-refractivity contribution in [3.8, 4) is 0 Å². The minimum absolute atomic E-state index is 0.597. The molecule has 1 N–H and O–H groups in total. The van der Waals surface area contributed by atoms with Gasteiger partial charge in [0.1, 0.15) is 0 Å². The van der Waals surface area contributed by atoms with E-state index in [1.54, 1.807) is 4.68 Å². The maximum atomic E-state index is 4.33. The summed E-state index contributed by atoms with van der Waals surface area (Å²) in [5.41, 5.74) is 1.98. The third-order valence-corrected chi connectivity index (χ3v) is 2.54. The second-order valence-corrected chi connectivity index (χ2v) is 4.72. The Morgan fingerprint density at radius 3 is 2.76 bits per heavy atom. The van der Waals surface area contributed by atoms with Gasteiger partial charge in [-0.15, -0.1) is 0 Å². The van der Waals surface area contributed by atoms with Crippen LogP contribution in [0.2, 0.25) is 0 Å². The van der Waals surface area contributed by atoms with Crippen LogP contribution in [0.25, 0.3) is 0 Å². The number of nitrogens with one attached hydrogen (secondary N) is 1. The molecule has 0 saturated heterocycles. The Balaban J connectivity index is 2.18. The Morgan fingerprint density at radius 2 is 2.18 bits per heavy atom. The fourth-order valence-corrected chi connectivity index (χ4v) is 1.82. The van der Waals surface area contributed by atoms with Crippen LogP contribution >= 0.6 is 0 Å².